The number of carbonyl (C=O) groups is 3. The minimum atomic E-state index is -0.943. The van der Waals surface area contributed by atoms with Gasteiger partial charge in [0.05, 0.1) is 5.56 Å². The molecule has 7 nitrogen and oxygen atoms in total. The van der Waals surface area contributed by atoms with Crippen molar-refractivity contribution in [1.82, 2.24) is 10.8 Å². The Morgan fingerprint density at radius 1 is 1.06 bits per heavy atom. The Bertz CT molecular complexity index is 909. The first kappa shape index (κ1) is 23.6. The molecule has 0 aromatic heterocycles. The van der Waals surface area contributed by atoms with Crippen LogP contribution in [-0.2, 0) is 16.1 Å². The summed E-state index contributed by atoms with van der Waals surface area (Å²) in [5.41, 5.74) is 3.96. The fourth-order valence-electron chi connectivity index (χ4n) is 7.65. The lowest BCUT2D eigenvalue weighted by atomic mass is 9.43. The van der Waals surface area contributed by atoms with E-state index in [4.69, 9.17) is 9.94 Å². The van der Waals surface area contributed by atoms with E-state index in [0.717, 1.165) is 31.2 Å². The molecule has 0 heterocycles. The summed E-state index contributed by atoms with van der Waals surface area (Å²) in [6, 6.07) is 6.79. The SMILES string of the molecule is CC(CCC(=O)NOC(=O)NC12CC3CC(C)(CC(C)(C3)C1)C2)Cc1ccc(C(=O)O)cc1. The van der Waals surface area contributed by atoms with Gasteiger partial charge in [-0.2, -0.15) is 5.48 Å². The number of hydrogen-bond donors (Lipinski definition) is 3. The van der Waals surface area contributed by atoms with Crippen LogP contribution in [0, 0.1) is 22.7 Å². The molecule has 4 aliphatic carbocycles. The Labute approximate surface area is 195 Å². The molecule has 7 heteroatoms. The summed E-state index contributed by atoms with van der Waals surface area (Å²) in [6.45, 7) is 6.74. The van der Waals surface area contributed by atoms with Crippen molar-refractivity contribution in [2.45, 2.75) is 84.1 Å². The van der Waals surface area contributed by atoms with Gasteiger partial charge >= 0.3 is 12.1 Å². The van der Waals surface area contributed by atoms with Crippen LogP contribution in [0.3, 0.4) is 0 Å². The van der Waals surface area contributed by atoms with Crippen molar-refractivity contribution in [1.29, 1.82) is 0 Å². The summed E-state index contributed by atoms with van der Waals surface area (Å²) in [5.74, 6) is -0.369. The summed E-state index contributed by atoms with van der Waals surface area (Å²) in [5, 5.41) is 12.1. The van der Waals surface area contributed by atoms with Crippen molar-refractivity contribution in [2.24, 2.45) is 22.7 Å². The minimum absolute atomic E-state index is 0.213. The second-order valence-electron chi connectivity index (χ2n) is 11.8. The molecule has 1 aromatic rings. The van der Waals surface area contributed by atoms with Gasteiger partial charge in [0.15, 0.2) is 0 Å². The second kappa shape index (κ2) is 8.65. The molecule has 5 rings (SSSR count). The number of carboxylic acids is 1. The Kier molecular flexibility index (Phi) is 6.18. The Balaban J connectivity index is 1.19. The highest BCUT2D eigenvalue weighted by Gasteiger charge is 2.60. The highest BCUT2D eigenvalue weighted by molar-refractivity contribution is 5.87. The van der Waals surface area contributed by atoms with Crippen molar-refractivity contribution in [3.8, 4) is 0 Å². The summed E-state index contributed by atoms with van der Waals surface area (Å²) in [6.07, 6.45) is 7.78. The number of carbonyl (C=O) groups excluding carboxylic acids is 2. The number of hydrogen-bond acceptors (Lipinski definition) is 4. The van der Waals surface area contributed by atoms with E-state index < -0.39 is 12.1 Å². The van der Waals surface area contributed by atoms with E-state index >= 15 is 0 Å². The number of rotatable bonds is 7. The lowest BCUT2D eigenvalue weighted by Crippen LogP contribution is -2.65. The normalized spacial score (nSPS) is 32.8. The van der Waals surface area contributed by atoms with Gasteiger partial charge in [0.25, 0.3) is 5.91 Å². The van der Waals surface area contributed by atoms with Gasteiger partial charge in [-0.3, -0.25) is 4.79 Å². The van der Waals surface area contributed by atoms with Gasteiger partial charge < -0.3 is 15.3 Å². The first-order chi connectivity index (χ1) is 15.5. The maximum absolute atomic E-state index is 12.5. The van der Waals surface area contributed by atoms with Gasteiger partial charge in [0.2, 0.25) is 0 Å². The van der Waals surface area contributed by atoms with Gasteiger partial charge in [-0.15, -0.1) is 0 Å². The third-order valence-electron chi connectivity index (χ3n) is 7.90. The number of carboxylic acid groups (broad SMARTS) is 1. The lowest BCUT2D eigenvalue weighted by molar-refractivity contribution is -0.132. The van der Waals surface area contributed by atoms with Crippen LogP contribution in [0.25, 0.3) is 0 Å². The predicted molar refractivity (Wildman–Crippen MR) is 123 cm³/mol. The highest BCUT2D eigenvalue weighted by atomic mass is 16.7. The molecule has 0 saturated heterocycles. The van der Waals surface area contributed by atoms with E-state index in [2.05, 4.69) is 24.6 Å². The molecule has 4 saturated carbocycles. The van der Waals surface area contributed by atoms with Gasteiger partial charge in [0, 0.05) is 12.0 Å². The molecule has 4 fully saturated rings. The molecule has 3 unspecified atom stereocenters. The smallest absolute Gasteiger partial charge is 0.431 e. The quantitative estimate of drug-likeness (QED) is 0.509. The van der Waals surface area contributed by atoms with Crippen LogP contribution in [0.5, 0.6) is 0 Å². The van der Waals surface area contributed by atoms with Gasteiger partial charge in [-0.25, -0.2) is 9.59 Å². The monoisotopic (exact) mass is 456 g/mol. The molecule has 4 aliphatic rings. The minimum Gasteiger partial charge on any atom is -0.478 e. The predicted octanol–water partition coefficient (Wildman–Crippen LogP) is 4.85. The van der Waals surface area contributed by atoms with E-state index in [-0.39, 0.29) is 40.2 Å². The number of nitrogens with one attached hydrogen (secondary N) is 2. The molecule has 0 aliphatic heterocycles. The van der Waals surface area contributed by atoms with Crippen LogP contribution >= 0.6 is 0 Å². The van der Waals surface area contributed by atoms with Gasteiger partial charge in [-0.05, 0) is 91.7 Å². The van der Waals surface area contributed by atoms with Gasteiger partial charge in [0.1, 0.15) is 0 Å². The molecule has 3 N–H and O–H groups in total. The molecule has 2 amide bonds. The molecule has 1 aromatic carbocycles. The fourth-order valence-corrected chi connectivity index (χ4v) is 7.65. The van der Waals surface area contributed by atoms with E-state index in [1.165, 1.54) is 19.3 Å². The average molecular weight is 457 g/mol. The zero-order valence-electron chi connectivity index (χ0n) is 19.9. The molecular weight excluding hydrogens is 420 g/mol. The third-order valence-corrected chi connectivity index (χ3v) is 7.90. The molecule has 3 atom stereocenters. The molecule has 33 heavy (non-hydrogen) atoms. The number of benzene rings is 1. The van der Waals surface area contributed by atoms with Crippen LogP contribution in [0.1, 0.15) is 88.1 Å². The van der Waals surface area contributed by atoms with Crippen LogP contribution in [0.2, 0.25) is 0 Å². The summed E-state index contributed by atoms with van der Waals surface area (Å²) < 4.78 is 0. The largest absolute Gasteiger partial charge is 0.478 e. The lowest BCUT2D eigenvalue weighted by Gasteiger charge is -2.65. The highest BCUT2D eigenvalue weighted by Crippen LogP contribution is 2.66. The number of amides is 2. The van der Waals surface area contributed by atoms with Crippen molar-refractivity contribution >= 4 is 18.0 Å². The van der Waals surface area contributed by atoms with Crippen LogP contribution in [-0.4, -0.2) is 28.6 Å². The summed E-state index contributed by atoms with van der Waals surface area (Å²) in [7, 11) is 0. The first-order valence-corrected chi connectivity index (χ1v) is 12.1. The van der Waals surface area contributed by atoms with Crippen molar-refractivity contribution in [2.75, 3.05) is 0 Å². The molecule has 0 spiro atoms. The molecule has 180 valence electrons. The number of hydroxylamine groups is 1. The summed E-state index contributed by atoms with van der Waals surface area (Å²) in [4.78, 5) is 40.7. The third kappa shape index (κ3) is 5.50. The zero-order valence-corrected chi connectivity index (χ0v) is 19.9. The van der Waals surface area contributed by atoms with E-state index in [9.17, 15) is 14.4 Å². The average Bonchev–Trinajstić information content (AvgIpc) is 2.68. The Hall–Kier alpha value is -2.57. The van der Waals surface area contributed by atoms with Crippen molar-refractivity contribution in [3.05, 3.63) is 35.4 Å². The standard InChI is InChI=1S/C26H36N2O5/c1-17(10-18-5-7-20(8-6-18)22(30)31)4-9-21(29)28-33-23(32)27-26-13-19-11-24(2,15-26)14-25(3,12-19)16-26/h5-8,17,19H,4,9-16H2,1-3H3,(H,27,32)(H,28,29)(H,30,31). The Morgan fingerprint density at radius 2 is 1.70 bits per heavy atom. The second-order valence-corrected chi connectivity index (χ2v) is 11.8. The van der Waals surface area contributed by atoms with Crippen LogP contribution in [0.15, 0.2) is 24.3 Å². The Morgan fingerprint density at radius 3 is 2.27 bits per heavy atom. The van der Waals surface area contributed by atoms with E-state index in [0.29, 0.717) is 12.3 Å². The maximum Gasteiger partial charge on any atom is 0.431 e. The molecular formula is C26H36N2O5. The summed E-state index contributed by atoms with van der Waals surface area (Å²) >= 11 is 0. The van der Waals surface area contributed by atoms with Crippen molar-refractivity contribution < 1.29 is 24.3 Å². The number of aromatic carboxylic acids is 1. The fraction of sp³-hybridized carbons (Fsp3) is 0.654. The van der Waals surface area contributed by atoms with E-state index in [1.54, 1.807) is 24.3 Å². The van der Waals surface area contributed by atoms with Crippen molar-refractivity contribution in [3.63, 3.8) is 0 Å². The van der Waals surface area contributed by atoms with Crippen LogP contribution in [0.4, 0.5) is 4.79 Å². The maximum atomic E-state index is 12.5. The molecule has 4 bridgehead atoms. The van der Waals surface area contributed by atoms with Crippen LogP contribution < -0.4 is 10.8 Å². The zero-order chi connectivity index (χ0) is 23.9. The first-order valence-electron chi connectivity index (χ1n) is 12.1. The topological polar surface area (TPSA) is 105 Å². The molecule has 0 radical (unpaired) electrons. The van der Waals surface area contributed by atoms with E-state index in [1.807, 2.05) is 6.92 Å². The van der Waals surface area contributed by atoms with Gasteiger partial charge in [-0.1, -0.05) is 32.9 Å².